The SMILES string of the molecule is Cc1ccc(S(=O)(=O)O[C@@H](COCc2ccccc2)CN(CC2CC2)S(C)(=O)=O)cc1. The van der Waals surface area contributed by atoms with E-state index in [-0.39, 0.29) is 24.7 Å². The Morgan fingerprint density at radius 3 is 2.23 bits per heavy atom. The summed E-state index contributed by atoms with van der Waals surface area (Å²) in [5, 5.41) is 0. The predicted molar refractivity (Wildman–Crippen MR) is 118 cm³/mol. The molecule has 170 valence electrons. The Hall–Kier alpha value is -1.78. The fourth-order valence-corrected chi connectivity index (χ4v) is 5.07. The van der Waals surface area contributed by atoms with Crippen LogP contribution in [0.3, 0.4) is 0 Å². The van der Waals surface area contributed by atoms with Gasteiger partial charge in [0, 0.05) is 13.1 Å². The molecule has 0 saturated heterocycles. The Labute approximate surface area is 185 Å². The van der Waals surface area contributed by atoms with Crippen molar-refractivity contribution in [1.29, 1.82) is 0 Å². The van der Waals surface area contributed by atoms with E-state index in [2.05, 4.69) is 0 Å². The molecule has 0 aromatic heterocycles. The summed E-state index contributed by atoms with van der Waals surface area (Å²) < 4.78 is 62.6. The monoisotopic (exact) mass is 467 g/mol. The van der Waals surface area contributed by atoms with Crippen LogP contribution in [0.5, 0.6) is 0 Å². The van der Waals surface area contributed by atoms with Crippen molar-refractivity contribution in [2.75, 3.05) is 26.0 Å². The first-order valence-electron chi connectivity index (χ1n) is 10.2. The van der Waals surface area contributed by atoms with E-state index in [0.717, 1.165) is 30.2 Å². The summed E-state index contributed by atoms with van der Waals surface area (Å²) in [6.07, 6.45) is 2.11. The third-order valence-electron chi connectivity index (χ3n) is 5.02. The van der Waals surface area contributed by atoms with E-state index in [1.165, 1.54) is 16.4 Å². The molecule has 0 radical (unpaired) electrons. The van der Waals surface area contributed by atoms with E-state index in [9.17, 15) is 16.8 Å². The second kappa shape index (κ2) is 10.2. The molecule has 0 N–H and O–H groups in total. The third kappa shape index (κ3) is 7.69. The Morgan fingerprint density at radius 2 is 1.65 bits per heavy atom. The van der Waals surface area contributed by atoms with Gasteiger partial charge < -0.3 is 4.74 Å². The van der Waals surface area contributed by atoms with Gasteiger partial charge in [-0.15, -0.1) is 0 Å². The largest absolute Gasteiger partial charge is 0.374 e. The number of hydrogen-bond donors (Lipinski definition) is 0. The maximum atomic E-state index is 12.8. The summed E-state index contributed by atoms with van der Waals surface area (Å²) >= 11 is 0. The first-order valence-corrected chi connectivity index (χ1v) is 13.5. The Bertz CT molecular complexity index is 1050. The Kier molecular flexibility index (Phi) is 7.87. The standard InChI is InChI=1S/C22H29NO6S2/c1-18-8-12-22(13-9-18)31(26,27)29-21(17-28-16-20-6-4-3-5-7-20)15-23(30(2,24)25)14-19-10-11-19/h3-9,12-13,19,21H,10-11,14-17H2,1-2H3/t21-/m1/s1. The highest BCUT2D eigenvalue weighted by atomic mass is 32.2. The van der Waals surface area contributed by atoms with Gasteiger partial charge in [-0.3, -0.25) is 4.18 Å². The van der Waals surface area contributed by atoms with Gasteiger partial charge in [0.15, 0.2) is 0 Å². The highest BCUT2D eigenvalue weighted by Gasteiger charge is 2.32. The molecule has 0 aliphatic heterocycles. The van der Waals surface area contributed by atoms with Crippen LogP contribution in [0.1, 0.15) is 24.0 Å². The lowest BCUT2D eigenvalue weighted by Gasteiger charge is -2.25. The van der Waals surface area contributed by atoms with Crippen molar-refractivity contribution in [3.8, 4) is 0 Å². The van der Waals surface area contributed by atoms with Crippen LogP contribution in [-0.4, -0.2) is 53.2 Å². The van der Waals surface area contributed by atoms with Gasteiger partial charge in [-0.2, -0.15) is 12.7 Å². The Morgan fingerprint density at radius 1 is 1.00 bits per heavy atom. The maximum Gasteiger partial charge on any atom is 0.297 e. The van der Waals surface area contributed by atoms with Crippen LogP contribution in [0, 0.1) is 12.8 Å². The van der Waals surface area contributed by atoms with Crippen LogP contribution in [0.25, 0.3) is 0 Å². The highest BCUT2D eigenvalue weighted by Crippen LogP contribution is 2.30. The third-order valence-corrected chi connectivity index (χ3v) is 7.63. The molecule has 0 unspecified atom stereocenters. The summed E-state index contributed by atoms with van der Waals surface area (Å²) in [5.74, 6) is 0.314. The highest BCUT2D eigenvalue weighted by molar-refractivity contribution is 7.88. The normalized spacial score (nSPS) is 15.8. The summed E-state index contributed by atoms with van der Waals surface area (Å²) in [5.41, 5.74) is 1.86. The molecule has 3 rings (SSSR count). The van der Waals surface area contributed by atoms with Crippen LogP contribution in [0.15, 0.2) is 59.5 Å². The van der Waals surface area contributed by atoms with Gasteiger partial charge in [0.2, 0.25) is 10.0 Å². The van der Waals surface area contributed by atoms with Crippen LogP contribution >= 0.6 is 0 Å². The molecular weight excluding hydrogens is 438 g/mol. The van der Waals surface area contributed by atoms with Gasteiger partial charge in [0.25, 0.3) is 10.1 Å². The average Bonchev–Trinajstić information content (AvgIpc) is 3.52. The second-order valence-corrected chi connectivity index (χ2v) is 11.6. The topological polar surface area (TPSA) is 90.0 Å². The van der Waals surface area contributed by atoms with Crippen LogP contribution < -0.4 is 0 Å². The Balaban J connectivity index is 1.74. The average molecular weight is 468 g/mol. The molecule has 1 aliphatic rings. The van der Waals surface area contributed by atoms with E-state index in [1.54, 1.807) is 12.1 Å². The summed E-state index contributed by atoms with van der Waals surface area (Å²) in [6.45, 7) is 2.35. The molecule has 7 nitrogen and oxygen atoms in total. The number of aryl methyl sites for hydroxylation is 1. The van der Waals surface area contributed by atoms with Crippen molar-refractivity contribution in [2.24, 2.45) is 5.92 Å². The molecule has 1 aliphatic carbocycles. The van der Waals surface area contributed by atoms with Crippen molar-refractivity contribution in [3.63, 3.8) is 0 Å². The van der Waals surface area contributed by atoms with Crippen LogP contribution in [-0.2, 0) is 35.7 Å². The fourth-order valence-electron chi connectivity index (χ4n) is 3.09. The van der Waals surface area contributed by atoms with Crippen molar-refractivity contribution in [2.45, 2.75) is 37.4 Å². The second-order valence-electron chi connectivity index (χ2n) is 8.01. The van der Waals surface area contributed by atoms with Crippen molar-refractivity contribution < 1.29 is 25.8 Å². The number of nitrogens with zero attached hydrogens (tertiary/aromatic N) is 1. The van der Waals surface area contributed by atoms with Crippen LogP contribution in [0.4, 0.5) is 0 Å². The lowest BCUT2D eigenvalue weighted by molar-refractivity contribution is 0.0357. The summed E-state index contributed by atoms with van der Waals surface area (Å²) in [4.78, 5) is 0.0271. The van der Waals surface area contributed by atoms with E-state index in [1.807, 2.05) is 37.3 Å². The lowest BCUT2D eigenvalue weighted by atomic mass is 10.2. The lowest BCUT2D eigenvalue weighted by Crippen LogP contribution is -2.41. The van der Waals surface area contributed by atoms with Crippen LogP contribution in [0.2, 0.25) is 0 Å². The van der Waals surface area contributed by atoms with E-state index < -0.39 is 26.2 Å². The van der Waals surface area contributed by atoms with Crippen molar-refractivity contribution in [3.05, 3.63) is 65.7 Å². The molecule has 1 fully saturated rings. The minimum absolute atomic E-state index is 0.0271. The number of rotatable bonds is 12. The smallest absolute Gasteiger partial charge is 0.297 e. The van der Waals surface area contributed by atoms with Gasteiger partial charge in [-0.1, -0.05) is 48.0 Å². The fraction of sp³-hybridized carbons (Fsp3) is 0.455. The van der Waals surface area contributed by atoms with Crippen molar-refractivity contribution >= 4 is 20.1 Å². The van der Waals surface area contributed by atoms with Gasteiger partial charge >= 0.3 is 0 Å². The number of ether oxygens (including phenoxy) is 1. The molecule has 2 aromatic rings. The summed E-state index contributed by atoms with van der Waals surface area (Å²) in [7, 11) is -7.59. The number of sulfonamides is 1. The first-order chi connectivity index (χ1) is 14.6. The molecule has 0 heterocycles. The van der Waals surface area contributed by atoms with E-state index >= 15 is 0 Å². The van der Waals surface area contributed by atoms with Gasteiger partial charge in [0.1, 0.15) is 6.10 Å². The molecule has 1 atom stereocenters. The van der Waals surface area contributed by atoms with Gasteiger partial charge in [-0.05, 0) is 43.4 Å². The minimum atomic E-state index is -4.08. The first kappa shape index (κ1) is 23.9. The summed E-state index contributed by atoms with van der Waals surface area (Å²) in [6, 6.07) is 15.8. The maximum absolute atomic E-state index is 12.8. The zero-order chi connectivity index (χ0) is 22.5. The number of hydrogen-bond acceptors (Lipinski definition) is 6. The molecular formula is C22H29NO6S2. The minimum Gasteiger partial charge on any atom is -0.374 e. The zero-order valence-corrected chi connectivity index (χ0v) is 19.4. The molecule has 9 heteroatoms. The number of benzene rings is 2. The van der Waals surface area contributed by atoms with E-state index in [0.29, 0.717) is 12.5 Å². The molecule has 0 bridgehead atoms. The molecule has 0 spiro atoms. The van der Waals surface area contributed by atoms with Gasteiger partial charge in [-0.25, -0.2) is 8.42 Å². The molecule has 1 saturated carbocycles. The predicted octanol–water partition coefficient (Wildman–Crippen LogP) is 2.96. The molecule has 2 aromatic carbocycles. The molecule has 31 heavy (non-hydrogen) atoms. The zero-order valence-electron chi connectivity index (χ0n) is 17.8. The van der Waals surface area contributed by atoms with E-state index in [4.69, 9.17) is 8.92 Å². The van der Waals surface area contributed by atoms with Gasteiger partial charge in [0.05, 0.1) is 24.4 Å². The quantitative estimate of drug-likeness (QED) is 0.446. The van der Waals surface area contributed by atoms with Crippen molar-refractivity contribution in [1.82, 2.24) is 4.31 Å². The molecule has 0 amide bonds.